The molecular formula is C16H26N2. The molecule has 2 heteroatoms. The van der Waals surface area contributed by atoms with Gasteiger partial charge in [-0.25, -0.2) is 0 Å². The van der Waals surface area contributed by atoms with Crippen LogP contribution in [0.25, 0.3) is 0 Å². The molecule has 1 unspecified atom stereocenters. The summed E-state index contributed by atoms with van der Waals surface area (Å²) in [4.78, 5) is 2.44. The second-order valence-electron chi connectivity index (χ2n) is 5.54. The summed E-state index contributed by atoms with van der Waals surface area (Å²) in [6.45, 7) is 6.91. The predicted molar refractivity (Wildman–Crippen MR) is 79.3 cm³/mol. The Hall–Kier alpha value is -1.02. The van der Waals surface area contributed by atoms with Crippen LogP contribution in [0.4, 0.5) is 5.69 Å². The molecule has 0 bridgehead atoms. The highest BCUT2D eigenvalue weighted by atomic mass is 15.1. The van der Waals surface area contributed by atoms with E-state index in [-0.39, 0.29) is 0 Å². The number of nitrogens with one attached hydrogen (secondary N) is 1. The second-order valence-corrected chi connectivity index (χ2v) is 5.54. The van der Waals surface area contributed by atoms with Crippen molar-refractivity contribution in [2.24, 2.45) is 0 Å². The molecule has 1 heterocycles. The van der Waals surface area contributed by atoms with Crippen LogP contribution in [-0.4, -0.2) is 31.1 Å². The normalized spacial score (nSPS) is 21.6. The first-order valence-corrected chi connectivity index (χ1v) is 7.24. The highest BCUT2D eigenvalue weighted by Gasteiger charge is 2.16. The Labute approximate surface area is 111 Å². The SMILES string of the molecule is CCc1cccc(C)c1NC1CCCN(C)CC1. The molecule has 1 N–H and O–H groups in total. The fraction of sp³-hybridized carbons (Fsp3) is 0.625. The topological polar surface area (TPSA) is 15.3 Å². The highest BCUT2D eigenvalue weighted by molar-refractivity contribution is 5.57. The molecule has 0 spiro atoms. The van der Waals surface area contributed by atoms with Gasteiger partial charge in [0.15, 0.2) is 0 Å². The van der Waals surface area contributed by atoms with E-state index in [1.54, 1.807) is 0 Å². The number of aryl methyl sites for hydroxylation is 2. The number of rotatable bonds is 3. The van der Waals surface area contributed by atoms with E-state index in [1.807, 2.05) is 0 Å². The van der Waals surface area contributed by atoms with E-state index in [2.05, 4.69) is 49.3 Å². The summed E-state index contributed by atoms with van der Waals surface area (Å²) in [7, 11) is 2.23. The Morgan fingerprint density at radius 2 is 2.11 bits per heavy atom. The zero-order chi connectivity index (χ0) is 13.0. The van der Waals surface area contributed by atoms with Gasteiger partial charge in [0, 0.05) is 11.7 Å². The first-order chi connectivity index (χ1) is 8.70. The number of anilines is 1. The molecule has 18 heavy (non-hydrogen) atoms. The van der Waals surface area contributed by atoms with Crippen molar-refractivity contribution in [1.29, 1.82) is 0 Å². The molecule has 100 valence electrons. The lowest BCUT2D eigenvalue weighted by molar-refractivity contribution is 0.348. The van der Waals surface area contributed by atoms with Crippen molar-refractivity contribution in [2.45, 2.75) is 45.6 Å². The van der Waals surface area contributed by atoms with Crippen molar-refractivity contribution in [3.05, 3.63) is 29.3 Å². The summed E-state index contributed by atoms with van der Waals surface area (Å²) >= 11 is 0. The quantitative estimate of drug-likeness (QED) is 0.878. The summed E-state index contributed by atoms with van der Waals surface area (Å²) in [5, 5.41) is 3.80. The van der Waals surface area contributed by atoms with E-state index in [0.29, 0.717) is 6.04 Å². The van der Waals surface area contributed by atoms with Crippen LogP contribution in [0.3, 0.4) is 0 Å². The lowest BCUT2D eigenvalue weighted by Crippen LogP contribution is -2.23. The van der Waals surface area contributed by atoms with Gasteiger partial charge >= 0.3 is 0 Å². The van der Waals surface area contributed by atoms with Crippen LogP contribution >= 0.6 is 0 Å². The first-order valence-electron chi connectivity index (χ1n) is 7.24. The fourth-order valence-corrected chi connectivity index (χ4v) is 2.82. The summed E-state index contributed by atoms with van der Waals surface area (Å²) in [6.07, 6.45) is 4.97. The summed E-state index contributed by atoms with van der Waals surface area (Å²) in [6, 6.07) is 7.27. The van der Waals surface area contributed by atoms with E-state index in [9.17, 15) is 0 Å². The highest BCUT2D eigenvalue weighted by Crippen LogP contribution is 2.24. The lowest BCUT2D eigenvalue weighted by atomic mass is 10.0. The number of nitrogens with zero attached hydrogens (tertiary/aromatic N) is 1. The molecule has 1 saturated heterocycles. The van der Waals surface area contributed by atoms with Gasteiger partial charge in [0.25, 0.3) is 0 Å². The average Bonchev–Trinajstić information content (AvgIpc) is 2.57. The van der Waals surface area contributed by atoms with Gasteiger partial charge in [-0.15, -0.1) is 0 Å². The van der Waals surface area contributed by atoms with Gasteiger partial charge in [-0.1, -0.05) is 25.1 Å². The molecule has 1 aliphatic rings. The maximum absolute atomic E-state index is 3.80. The summed E-state index contributed by atoms with van der Waals surface area (Å²) < 4.78 is 0. The molecule has 1 atom stereocenters. The summed E-state index contributed by atoms with van der Waals surface area (Å²) in [5.74, 6) is 0. The van der Waals surface area contributed by atoms with Gasteiger partial charge in [-0.2, -0.15) is 0 Å². The maximum atomic E-state index is 3.80. The molecule has 0 aromatic heterocycles. The molecule has 2 nitrogen and oxygen atoms in total. The van der Waals surface area contributed by atoms with Gasteiger partial charge in [0.1, 0.15) is 0 Å². The third-order valence-corrected chi connectivity index (χ3v) is 4.04. The number of hydrogen-bond donors (Lipinski definition) is 1. The Bertz CT molecular complexity index is 387. The molecule has 1 aliphatic heterocycles. The van der Waals surface area contributed by atoms with Gasteiger partial charge in [0.05, 0.1) is 0 Å². The molecule has 0 aliphatic carbocycles. The molecule has 1 aromatic rings. The van der Waals surface area contributed by atoms with Crippen molar-refractivity contribution >= 4 is 5.69 Å². The molecule has 0 radical (unpaired) electrons. The van der Waals surface area contributed by atoms with Crippen molar-refractivity contribution in [3.8, 4) is 0 Å². The second kappa shape index (κ2) is 6.24. The maximum Gasteiger partial charge on any atom is 0.0404 e. The van der Waals surface area contributed by atoms with Crippen LogP contribution < -0.4 is 5.32 Å². The van der Waals surface area contributed by atoms with E-state index < -0.39 is 0 Å². The van der Waals surface area contributed by atoms with Crippen molar-refractivity contribution in [2.75, 3.05) is 25.5 Å². The predicted octanol–water partition coefficient (Wildman–Crippen LogP) is 3.45. The Balaban J connectivity index is 2.08. The minimum absolute atomic E-state index is 0.640. The zero-order valence-electron chi connectivity index (χ0n) is 12.0. The molecule has 0 amide bonds. The monoisotopic (exact) mass is 246 g/mol. The molecule has 1 aromatic carbocycles. The van der Waals surface area contributed by atoms with Crippen molar-refractivity contribution in [3.63, 3.8) is 0 Å². The Morgan fingerprint density at radius 1 is 1.28 bits per heavy atom. The largest absolute Gasteiger partial charge is 0.382 e. The molecule has 0 saturated carbocycles. The van der Waals surface area contributed by atoms with Crippen LogP contribution in [0.2, 0.25) is 0 Å². The van der Waals surface area contributed by atoms with E-state index >= 15 is 0 Å². The summed E-state index contributed by atoms with van der Waals surface area (Å²) in [5.41, 5.74) is 4.22. The van der Waals surface area contributed by atoms with Gasteiger partial charge in [0.2, 0.25) is 0 Å². The third kappa shape index (κ3) is 3.26. The van der Waals surface area contributed by atoms with Crippen LogP contribution in [0, 0.1) is 6.92 Å². The standard InChI is InChI=1S/C16H26N2/c1-4-14-8-5-7-13(2)16(14)17-15-9-6-11-18(3)12-10-15/h5,7-8,15,17H,4,6,9-12H2,1-3H3. The van der Waals surface area contributed by atoms with E-state index in [1.165, 1.54) is 49.2 Å². The van der Waals surface area contributed by atoms with Crippen molar-refractivity contribution in [1.82, 2.24) is 4.90 Å². The van der Waals surface area contributed by atoms with Crippen LogP contribution in [0.1, 0.15) is 37.3 Å². The molecular weight excluding hydrogens is 220 g/mol. The lowest BCUT2D eigenvalue weighted by Gasteiger charge is -2.22. The van der Waals surface area contributed by atoms with E-state index in [0.717, 1.165) is 6.42 Å². The van der Waals surface area contributed by atoms with Crippen LogP contribution in [0.15, 0.2) is 18.2 Å². The number of para-hydroxylation sites is 1. The molecule has 1 fully saturated rings. The number of hydrogen-bond acceptors (Lipinski definition) is 2. The molecule has 2 rings (SSSR count). The van der Waals surface area contributed by atoms with Gasteiger partial charge < -0.3 is 10.2 Å². The van der Waals surface area contributed by atoms with Crippen LogP contribution in [-0.2, 0) is 6.42 Å². The minimum atomic E-state index is 0.640. The third-order valence-electron chi connectivity index (χ3n) is 4.04. The van der Waals surface area contributed by atoms with E-state index in [4.69, 9.17) is 0 Å². The number of benzene rings is 1. The first kappa shape index (κ1) is 13.4. The number of likely N-dealkylation sites (tertiary alicyclic amines) is 1. The van der Waals surface area contributed by atoms with Gasteiger partial charge in [-0.05, 0) is 63.9 Å². The van der Waals surface area contributed by atoms with Crippen molar-refractivity contribution < 1.29 is 0 Å². The fourth-order valence-electron chi connectivity index (χ4n) is 2.82. The van der Waals surface area contributed by atoms with Gasteiger partial charge in [-0.3, -0.25) is 0 Å². The average molecular weight is 246 g/mol. The Morgan fingerprint density at radius 3 is 2.89 bits per heavy atom. The Kier molecular flexibility index (Phi) is 4.65. The smallest absolute Gasteiger partial charge is 0.0404 e. The van der Waals surface area contributed by atoms with Crippen LogP contribution in [0.5, 0.6) is 0 Å². The zero-order valence-corrected chi connectivity index (χ0v) is 12.0. The minimum Gasteiger partial charge on any atom is -0.382 e.